The van der Waals surface area contributed by atoms with Crippen molar-refractivity contribution in [3.05, 3.63) is 58.2 Å². The van der Waals surface area contributed by atoms with E-state index in [-0.39, 0.29) is 39.5 Å². The van der Waals surface area contributed by atoms with E-state index in [0.717, 1.165) is 10.9 Å². The van der Waals surface area contributed by atoms with E-state index in [4.69, 9.17) is 17.0 Å². The first-order valence-electron chi connectivity index (χ1n) is 7.24. The highest BCUT2D eigenvalue weighted by Crippen LogP contribution is 2.40. The van der Waals surface area contributed by atoms with Crippen LogP contribution >= 0.6 is 34.0 Å². The van der Waals surface area contributed by atoms with Gasteiger partial charge in [-0.05, 0) is 47.3 Å². The van der Waals surface area contributed by atoms with Crippen LogP contribution < -0.4 is 11.5 Å². The summed E-state index contributed by atoms with van der Waals surface area (Å²) < 4.78 is 0. The number of primary amides is 1. The maximum atomic E-state index is 11.7. The highest BCUT2D eigenvalue weighted by atomic mass is 79.9. The number of azide groups is 1. The van der Waals surface area contributed by atoms with Gasteiger partial charge in [-0.25, -0.2) is 4.98 Å². The number of rotatable bonds is 4. The number of nitrogens with zero attached hydrogens (tertiary/aromatic N) is 4. The molecule has 0 radical (unpaired) electrons. The number of nitrogens with two attached hydrogens (primary N) is 2. The monoisotopic (exact) mass is 481 g/mol. The van der Waals surface area contributed by atoms with Crippen LogP contribution in [0.3, 0.4) is 0 Å². The third kappa shape index (κ3) is 3.73. The van der Waals surface area contributed by atoms with Crippen LogP contribution in [0.4, 0.5) is 5.69 Å². The van der Waals surface area contributed by atoms with Gasteiger partial charge >= 0.3 is 0 Å². The average Bonchev–Trinajstić information content (AvgIpc) is 3.03. The number of pyridine rings is 1. The summed E-state index contributed by atoms with van der Waals surface area (Å²) in [7, 11) is 0. The van der Waals surface area contributed by atoms with E-state index in [0.29, 0.717) is 22.5 Å². The molecule has 1 aromatic carbocycles. The summed E-state index contributed by atoms with van der Waals surface area (Å²) >= 11 is 0. The molecule has 3 aromatic rings. The largest absolute Gasteiger partial charge is 0.366 e. The first-order chi connectivity index (χ1) is 11.5. The Morgan fingerprint density at radius 3 is 2.62 bits per heavy atom. The lowest BCUT2D eigenvalue weighted by Gasteiger charge is -2.17. The summed E-state index contributed by atoms with van der Waals surface area (Å²) in [6.45, 7) is 1.71. The van der Waals surface area contributed by atoms with E-state index in [2.05, 4.69) is 20.0 Å². The maximum absolute atomic E-state index is 11.7. The molecule has 26 heavy (non-hydrogen) atoms. The van der Waals surface area contributed by atoms with E-state index < -0.39 is 11.9 Å². The van der Waals surface area contributed by atoms with Crippen molar-refractivity contribution >= 4 is 56.6 Å². The van der Waals surface area contributed by atoms with E-state index >= 15 is 0 Å². The summed E-state index contributed by atoms with van der Waals surface area (Å²) in [6, 6.07) is 6.47. The molecule has 1 atom stereocenters. The molecule has 3 rings (SSSR count). The van der Waals surface area contributed by atoms with Crippen molar-refractivity contribution in [2.45, 2.75) is 13.0 Å². The molecule has 1 amide bonds. The van der Waals surface area contributed by atoms with Crippen molar-refractivity contribution in [1.29, 1.82) is 0 Å². The first kappa shape index (κ1) is 21.7. The Morgan fingerprint density at radius 1 is 1.27 bits per heavy atom. The second-order valence-corrected chi connectivity index (χ2v) is 5.36. The summed E-state index contributed by atoms with van der Waals surface area (Å²) in [5.74, 6) is -0.621. The van der Waals surface area contributed by atoms with Crippen molar-refractivity contribution in [2.75, 3.05) is 0 Å². The van der Waals surface area contributed by atoms with Gasteiger partial charge in [0.25, 0.3) is 0 Å². The summed E-state index contributed by atoms with van der Waals surface area (Å²) in [5, 5.41) is 4.67. The van der Waals surface area contributed by atoms with Crippen LogP contribution in [-0.2, 0) is 0 Å². The van der Waals surface area contributed by atoms with Crippen LogP contribution in [0.5, 0.6) is 0 Å². The van der Waals surface area contributed by atoms with Crippen LogP contribution in [0.2, 0.25) is 0 Å². The fourth-order valence-electron chi connectivity index (χ4n) is 2.85. The number of nitrogens with one attached hydrogen (secondary N) is 1. The number of aromatic nitrogens is 2. The number of carbonyl (C=O) groups is 1. The molecule has 0 bridgehead atoms. The zero-order chi connectivity index (χ0) is 17.3. The molecule has 10 heteroatoms. The predicted octanol–water partition coefficient (Wildman–Crippen LogP) is 4.45. The SMILES string of the molecule is Br.Br.CC(N)c1c(C(N)=O)ccc(-c2ccnc3[nH]ccc23)c1N=[N+]=[N-]. The molecule has 0 fully saturated rings. The van der Waals surface area contributed by atoms with E-state index in [9.17, 15) is 4.79 Å². The molecule has 2 aromatic heterocycles. The highest BCUT2D eigenvalue weighted by molar-refractivity contribution is 8.93. The molecule has 5 N–H and O–H groups in total. The zero-order valence-corrected chi connectivity index (χ0v) is 17.1. The van der Waals surface area contributed by atoms with Crippen LogP contribution in [0.25, 0.3) is 32.6 Å². The van der Waals surface area contributed by atoms with Gasteiger partial charge in [-0.3, -0.25) is 4.79 Å². The third-order valence-electron chi connectivity index (χ3n) is 3.83. The number of H-pyrrole nitrogens is 1. The zero-order valence-electron chi connectivity index (χ0n) is 13.7. The fourth-order valence-corrected chi connectivity index (χ4v) is 2.85. The van der Waals surface area contributed by atoms with E-state index in [1.807, 2.05) is 12.1 Å². The van der Waals surface area contributed by atoms with Crippen LogP contribution in [0.15, 0.2) is 41.8 Å². The van der Waals surface area contributed by atoms with Gasteiger partial charge in [0.15, 0.2) is 0 Å². The Kier molecular flexibility index (Phi) is 7.34. The van der Waals surface area contributed by atoms with Gasteiger partial charge in [-0.15, -0.1) is 34.0 Å². The minimum Gasteiger partial charge on any atom is -0.366 e. The van der Waals surface area contributed by atoms with Crippen molar-refractivity contribution in [3.8, 4) is 11.1 Å². The van der Waals surface area contributed by atoms with Crippen LogP contribution in [-0.4, -0.2) is 15.9 Å². The Hall–Kier alpha value is -2.39. The first-order valence-corrected chi connectivity index (χ1v) is 7.24. The molecule has 0 saturated carbocycles. The Balaban J connectivity index is 0.00000169. The van der Waals surface area contributed by atoms with Gasteiger partial charge in [-0.1, -0.05) is 11.2 Å². The number of aromatic amines is 1. The number of hydrogen-bond donors (Lipinski definition) is 3. The van der Waals surface area contributed by atoms with Gasteiger partial charge < -0.3 is 16.5 Å². The number of carbonyl (C=O) groups excluding carboxylic acids is 1. The molecule has 0 spiro atoms. The third-order valence-corrected chi connectivity index (χ3v) is 3.83. The molecular formula is C16H17Br2N7O. The van der Waals surface area contributed by atoms with Crippen LogP contribution in [0.1, 0.15) is 28.9 Å². The van der Waals surface area contributed by atoms with Gasteiger partial charge in [-0.2, -0.15) is 0 Å². The minimum absolute atomic E-state index is 0. The van der Waals surface area contributed by atoms with Gasteiger partial charge in [0.1, 0.15) is 5.65 Å². The van der Waals surface area contributed by atoms with Gasteiger partial charge in [0.05, 0.1) is 5.69 Å². The lowest BCUT2D eigenvalue weighted by Crippen LogP contribution is -2.18. The Morgan fingerprint density at radius 2 is 2.00 bits per heavy atom. The number of halogens is 2. The lowest BCUT2D eigenvalue weighted by molar-refractivity contribution is 0.0999. The Labute approximate surface area is 170 Å². The second kappa shape index (κ2) is 8.81. The second-order valence-electron chi connectivity index (χ2n) is 5.36. The summed E-state index contributed by atoms with van der Waals surface area (Å²) in [5.41, 5.74) is 23.6. The number of benzene rings is 1. The normalized spacial score (nSPS) is 11.0. The fraction of sp³-hybridized carbons (Fsp3) is 0.125. The molecular weight excluding hydrogens is 466 g/mol. The average molecular weight is 483 g/mol. The molecule has 0 aliphatic rings. The highest BCUT2D eigenvalue weighted by Gasteiger charge is 2.20. The van der Waals surface area contributed by atoms with Gasteiger partial charge in [0.2, 0.25) is 5.91 Å². The summed E-state index contributed by atoms with van der Waals surface area (Å²) in [6.07, 6.45) is 3.43. The number of hydrogen-bond acceptors (Lipinski definition) is 4. The van der Waals surface area contributed by atoms with Crippen molar-refractivity contribution in [1.82, 2.24) is 9.97 Å². The smallest absolute Gasteiger partial charge is 0.249 e. The molecule has 0 saturated heterocycles. The van der Waals surface area contributed by atoms with Crippen molar-refractivity contribution in [3.63, 3.8) is 0 Å². The predicted molar refractivity (Wildman–Crippen MR) is 112 cm³/mol. The van der Waals surface area contributed by atoms with Gasteiger partial charge in [0, 0.05) is 34.3 Å². The maximum Gasteiger partial charge on any atom is 0.249 e. The van der Waals surface area contributed by atoms with E-state index in [1.165, 1.54) is 0 Å². The molecule has 1 unspecified atom stereocenters. The standard InChI is InChI=1S/C16H15N7O.2BrH/c1-8(17)13-12(15(18)24)3-2-10(14(13)22-23-19)9-4-6-20-16-11(9)5-7-21-16;;/h2-8H,17H2,1H3,(H2,18,24)(H,20,21);2*1H. The Bertz CT molecular complexity index is 993. The summed E-state index contributed by atoms with van der Waals surface area (Å²) in [4.78, 5) is 21.9. The molecule has 2 heterocycles. The quantitative estimate of drug-likeness (QED) is 0.286. The molecule has 136 valence electrons. The number of fused-ring (bicyclic) bond motifs is 1. The van der Waals surface area contributed by atoms with Crippen LogP contribution in [0, 0.1) is 0 Å². The minimum atomic E-state index is -0.621. The van der Waals surface area contributed by atoms with Crippen molar-refractivity contribution < 1.29 is 4.79 Å². The van der Waals surface area contributed by atoms with Crippen molar-refractivity contribution in [2.24, 2.45) is 16.6 Å². The lowest BCUT2D eigenvalue weighted by atomic mass is 9.92. The molecule has 0 aliphatic carbocycles. The number of amides is 1. The topological polar surface area (TPSA) is 147 Å². The molecule has 8 nitrogen and oxygen atoms in total. The van der Waals surface area contributed by atoms with E-state index in [1.54, 1.807) is 31.5 Å². The molecule has 0 aliphatic heterocycles.